The highest BCUT2D eigenvalue weighted by Gasteiger charge is 2.57. The van der Waals surface area contributed by atoms with Crippen LogP contribution in [0.1, 0.15) is 42.4 Å². The molecule has 0 radical (unpaired) electrons. The third-order valence-corrected chi connectivity index (χ3v) is 9.60. The highest BCUT2D eigenvalue weighted by molar-refractivity contribution is 9.10. The molecule has 1 aliphatic heterocycles. The van der Waals surface area contributed by atoms with Crippen molar-refractivity contribution in [1.82, 2.24) is 0 Å². The Balaban J connectivity index is 1.50. The van der Waals surface area contributed by atoms with Crippen LogP contribution < -0.4 is 9.64 Å². The van der Waals surface area contributed by atoms with Crippen molar-refractivity contribution in [1.29, 1.82) is 0 Å². The number of carbonyl (C=O) groups is 4. The van der Waals surface area contributed by atoms with Gasteiger partial charge in [0.1, 0.15) is 0 Å². The zero-order chi connectivity index (χ0) is 33.6. The first-order valence-electron chi connectivity index (χ1n) is 13.9. The number of ether oxygens (including phenoxy) is 1. The number of imide groups is 1. The number of ketones is 2. The molecule has 1 saturated heterocycles. The first-order chi connectivity index (χ1) is 21.4. The minimum Gasteiger partial charge on any atom is -0.503 e. The Hall–Kier alpha value is -4.20. The maximum absolute atomic E-state index is 14.0. The molecule has 4 aliphatic rings. The second-order valence-corrected chi connectivity index (χ2v) is 12.4. The van der Waals surface area contributed by atoms with Crippen molar-refractivity contribution in [3.63, 3.8) is 0 Å². The lowest BCUT2D eigenvalue weighted by Crippen LogP contribution is -2.39. The molecule has 2 aromatic rings. The van der Waals surface area contributed by atoms with E-state index in [1.807, 2.05) is 0 Å². The average molecular weight is 710 g/mol. The van der Waals surface area contributed by atoms with Crippen LogP contribution >= 0.6 is 15.9 Å². The number of methoxy groups -OCH3 is 1. The van der Waals surface area contributed by atoms with Gasteiger partial charge in [-0.1, -0.05) is 11.6 Å². The number of halogens is 7. The van der Waals surface area contributed by atoms with E-state index in [0.717, 1.165) is 0 Å². The van der Waals surface area contributed by atoms with Gasteiger partial charge in [0, 0.05) is 22.6 Å². The fourth-order valence-electron chi connectivity index (χ4n) is 7.00. The molecule has 0 aromatic heterocycles. The molecule has 6 rings (SSSR count). The van der Waals surface area contributed by atoms with Gasteiger partial charge in [0.05, 0.1) is 40.2 Å². The minimum absolute atomic E-state index is 0.0348. The SMILES string of the molecule is COc1cc([C@H]2C3=CC[C@@H]4C(=O)N(c5cc(C(F)(F)F)cc(C(F)(F)F)c5)C(=O)[C@@H]4[C@@H]3CC3=C2C(=O)C=C(C)C3=O)cc(Br)c1O. The number of phenolic OH excluding ortho intramolecular Hbond substituents is 1. The third-order valence-electron chi connectivity index (χ3n) is 9.00. The molecule has 1 N–H and O–H groups in total. The number of rotatable bonds is 3. The number of alkyl halides is 6. The molecule has 240 valence electrons. The van der Waals surface area contributed by atoms with Gasteiger partial charge in [-0.2, -0.15) is 26.3 Å². The Morgan fingerprint density at radius 1 is 0.913 bits per heavy atom. The fraction of sp³-hybridized carbons (Fsp3) is 0.312. The molecular weight excluding hydrogens is 688 g/mol. The fourth-order valence-corrected chi connectivity index (χ4v) is 7.46. The van der Waals surface area contributed by atoms with E-state index in [9.17, 15) is 50.6 Å². The lowest BCUT2D eigenvalue weighted by Gasteiger charge is -2.42. The molecular formula is C32H22BrF6NO6. The lowest BCUT2D eigenvalue weighted by molar-refractivity contribution is -0.143. The summed E-state index contributed by atoms with van der Waals surface area (Å²) in [5.41, 5.74) is -2.97. The van der Waals surface area contributed by atoms with E-state index in [1.165, 1.54) is 32.2 Å². The number of hydrogen-bond donors (Lipinski definition) is 1. The molecule has 2 aromatic carbocycles. The summed E-state index contributed by atoms with van der Waals surface area (Å²) in [5.74, 6) is -7.33. The van der Waals surface area contributed by atoms with E-state index in [2.05, 4.69) is 15.9 Å². The smallest absolute Gasteiger partial charge is 0.416 e. The highest BCUT2D eigenvalue weighted by atomic mass is 79.9. The van der Waals surface area contributed by atoms with Gasteiger partial charge >= 0.3 is 12.4 Å². The van der Waals surface area contributed by atoms with E-state index in [-0.39, 0.29) is 51.6 Å². The number of hydrogen-bond acceptors (Lipinski definition) is 6. The van der Waals surface area contributed by atoms with Gasteiger partial charge in [-0.15, -0.1) is 0 Å². The number of carbonyl (C=O) groups excluding carboxylic acids is 4. The zero-order valence-corrected chi connectivity index (χ0v) is 25.4. The number of phenols is 1. The van der Waals surface area contributed by atoms with Crippen LogP contribution in [0.25, 0.3) is 0 Å². The summed E-state index contributed by atoms with van der Waals surface area (Å²) in [6.45, 7) is 1.45. The van der Waals surface area contributed by atoms with Gasteiger partial charge in [-0.25, -0.2) is 4.90 Å². The van der Waals surface area contributed by atoms with Gasteiger partial charge in [-0.3, -0.25) is 19.2 Å². The monoisotopic (exact) mass is 709 g/mol. The van der Waals surface area contributed by atoms with E-state index in [0.29, 0.717) is 28.2 Å². The van der Waals surface area contributed by atoms with E-state index in [1.54, 1.807) is 6.08 Å². The van der Waals surface area contributed by atoms with Gasteiger partial charge in [-0.05, 0) is 83.6 Å². The van der Waals surface area contributed by atoms with Crippen molar-refractivity contribution in [2.24, 2.45) is 17.8 Å². The van der Waals surface area contributed by atoms with Crippen LogP contribution in [0.3, 0.4) is 0 Å². The average Bonchev–Trinajstić information content (AvgIpc) is 3.24. The molecule has 4 atom stereocenters. The molecule has 1 fully saturated rings. The predicted molar refractivity (Wildman–Crippen MR) is 153 cm³/mol. The molecule has 0 unspecified atom stereocenters. The number of amides is 2. The number of anilines is 1. The Morgan fingerprint density at radius 3 is 2.13 bits per heavy atom. The summed E-state index contributed by atoms with van der Waals surface area (Å²) in [6.07, 6.45) is -7.84. The first-order valence-corrected chi connectivity index (χ1v) is 14.7. The molecule has 2 amide bonds. The molecule has 0 saturated carbocycles. The third kappa shape index (κ3) is 4.88. The summed E-state index contributed by atoms with van der Waals surface area (Å²) in [4.78, 5) is 54.9. The lowest BCUT2D eigenvalue weighted by atomic mass is 9.59. The Kier molecular flexibility index (Phi) is 7.37. The van der Waals surface area contributed by atoms with E-state index < -0.39 is 76.2 Å². The number of nitrogens with zero attached hydrogens (tertiary/aromatic N) is 1. The minimum atomic E-state index is -5.21. The van der Waals surface area contributed by atoms with Crippen LogP contribution in [-0.2, 0) is 31.5 Å². The van der Waals surface area contributed by atoms with Crippen molar-refractivity contribution in [2.75, 3.05) is 12.0 Å². The quantitative estimate of drug-likeness (QED) is 0.162. The summed E-state index contributed by atoms with van der Waals surface area (Å²) < 4.78 is 87.3. The molecule has 3 aliphatic carbocycles. The molecule has 0 spiro atoms. The van der Waals surface area contributed by atoms with Crippen molar-refractivity contribution < 1.29 is 55.4 Å². The predicted octanol–water partition coefficient (Wildman–Crippen LogP) is 6.84. The van der Waals surface area contributed by atoms with Crippen LogP contribution in [0, 0.1) is 17.8 Å². The maximum Gasteiger partial charge on any atom is 0.416 e. The van der Waals surface area contributed by atoms with Crippen molar-refractivity contribution >= 4 is 45.0 Å². The first kappa shape index (κ1) is 31.8. The summed E-state index contributed by atoms with van der Waals surface area (Å²) in [5, 5.41) is 10.4. The number of Topliss-reactive ketones (excluding diaryl/α,β-unsaturated/α-hetero) is 1. The highest BCUT2D eigenvalue weighted by Crippen LogP contribution is 2.56. The second-order valence-electron chi connectivity index (χ2n) is 11.6. The van der Waals surface area contributed by atoms with Crippen LogP contribution in [-0.4, -0.2) is 35.6 Å². The van der Waals surface area contributed by atoms with Gasteiger partial charge in [0.2, 0.25) is 11.8 Å². The van der Waals surface area contributed by atoms with Gasteiger partial charge in [0.25, 0.3) is 0 Å². The summed E-state index contributed by atoms with van der Waals surface area (Å²) in [6, 6.07) is 3.55. The summed E-state index contributed by atoms with van der Waals surface area (Å²) >= 11 is 3.26. The van der Waals surface area contributed by atoms with Crippen LogP contribution in [0.5, 0.6) is 11.5 Å². The Labute approximate surface area is 265 Å². The normalized spacial score (nSPS) is 24.8. The van der Waals surface area contributed by atoms with Gasteiger partial charge < -0.3 is 9.84 Å². The Morgan fingerprint density at radius 2 is 1.54 bits per heavy atom. The number of fused-ring (bicyclic) bond motifs is 3. The number of allylic oxidation sites excluding steroid dienone is 6. The van der Waals surface area contributed by atoms with E-state index >= 15 is 0 Å². The molecule has 46 heavy (non-hydrogen) atoms. The van der Waals surface area contributed by atoms with Crippen molar-refractivity contribution in [3.05, 3.63) is 85.9 Å². The van der Waals surface area contributed by atoms with Crippen LogP contribution in [0.4, 0.5) is 32.0 Å². The van der Waals surface area contributed by atoms with Crippen LogP contribution in [0.15, 0.2) is 69.2 Å². The summed E-state index contributed by atoms with van der Waals surface area (Å²) in [7, 11) is 1.31. The van der Waals surface area contributed by atoms with Crippen molar-refractivity contribution in [3.8, 4) is 11.5 Å². The molecule has 0 bridgehead atoms. The van der Waals surface area contributed by atoms with Crippen molar-refractivity contribution in [2.45, 2.75) is 38.0 Å². The number of benzene rings is 2. The molecule has 14 heteroatoms. The number of aromatic hydroxyl groups is 1. The second kappa shape index (κ2) is 10.7. The standard InChI is InChI=1S/C32H22BrF6NO6/c1-12-5-22(41)26-20(27(12)42)11-19-17(24(26)13-6-21(33)28(43)23(7-13)46-2)3-4-18-25(19)30(45)40(29(18)44)16-9-14(31(34,35)36)8-15(10-16)32(37,38)39/h3,5-10,18-19,24-25,43H,4,11H2,1-2H3/t18-,19+,24-,25-/m0/s1. The molecule has 1 heterocycles. The topological polar surface area (TPSA) is 101 Å². The van der Waals surface area contributed by atoms with Crippen LogP contribution in [0.2, 0.25) is 0 Å². The molecule has 7 nitrogen and oxygen atoms in total. The zero-order valence-electron chi connectivity index (χ0n) is 23.8. The largest absolute Gasteiger partial charge is 0.503 e. The maximum atomic E-state index is 14.0. The van der Waals surface area contributed by atoms with E-state index in [4.69, 9.17) is 4.74 Å². The van der Waals surface area contributed by atoms with Gasteiger partial charge in [0.15, 0.2) is 23.1 Å². The Bertz CT molecular complexity index is 1820.